The summed E-state index contributed by atoms with van der Waals surface area (Å²) in [7, 11) is 0. The maximum Gasteiger partial charge on any atom is 0.226 e. The number of halogens is 3. The van der Waals surface area contributed by atoms with Gasteiger partial charge in [0.2, 0.25) is 11.8 Å². The summed E-state index contributed by atoms with van der Waals surface area (Å²) >= 11 is 0. The van der Waals surface area contributed by atoms with E-state index in [9.17, 15) is 22.8 Å². The average Bonchev–Trinajstić information content (AvgIpc) is 2.53. The van der Waals surface area contributed by atoms with Crippen molar-refractivity contribution < 1.29 is 22.8 Å². The Morgan fingerprint density at radius 2 is 1.62 bits per heavy atom. The average molecular weight is 364 g/mol. The molecule has 7 heteroatoms. The van der Waals surface area contributed by atoms with Gasteiger partial charge in [0.15, 0.2) is 17.5 Å². The van der Waals surface area contributed by atoms with Gasteiger partial charge in [0.1, 0.15) is 0 Å². The summed E-state index contributed by atoms with van der Waals surface area (Å²) in [6.07, 6.45) is -0.134. The number of nitrogens with zero attached hydrogens (tertiary/aromatic N) is 1. The van der Waals surface area contributed by atoms with E-state index in [1.165, 1.54) is 0 Å². The van der Waals surface area contributed by atoms with Gasteiger partial charge in [-0.25, -0.2) is 13.2 Å². The van der Waals surface area contributed by atoms with E-state index in [-0.39, 0.29) is 18.9 Å². The molecule has 2 aromatic rings. The Bertz CT molecular complexity index is 833. The van der Waals surface area contributed by atoms with Crippen molar-refractivity contribution >= 4 is 23.2 Å². The topological polar surface area (TPSA) is 49.4 Å². The summed E-state index contributed by atoms with van der Waals surface area (Å²) in [5, 5.41) is 2.70. The Morgan fingerprint density at radius 3 is 2.19 bits per heavy atom. The second-order valence-electron chi connectivity index (χ2n) is 6.04. The summed E-state index contributed by atoms with van der Waals surface area (Å²) in [4.78, 5) is 24.8. The van der Waals surface area contributed by atoms with Crippen molar-refractivity contribution in [3.63, 3.8) is 0 Å². The largest absolute Gasteiger partial charge is 0.326 e. The zero-order valence-electron chi connectivity index (χ0n) is 14.7. The van der Waals surface area contributed by atoms with Gasteiger partial charge in [-0.05, 0) is 49.2 Å². The minimum absolute atomic E-state index is 0.134. The van der Waals surface area contributed by atoms with Crippen molar-refractivity contribution in [1.82, 2.24) is 0 Å². The second kappa shape index (κ2) is 8.03. The SMILES string of the molecule is CC(=O)N(CCC(=O)Nc1cc(C)cc(C)c1)c1ccc(F)c(F)c1F. The number of hydrogen-bond donors (Lipinski definition) is 1. The van der Waals surface area contributed by atoms with E-state index < -0.39 is 29.0 Å². The lowest BCUT2D eigenvalue weighted by Crippen LogP contribution is -2.33. The van der Waals surface area contributed by atoms with Crippen LogP contribution in [-0.2, 0) is 9.59 Å². The third kappa shape index (κ3) is 4.62. The van der Waals surface area contributed by atoms with Crippen LogP contribution in [0.2, 0.25) is 0 Å². The quantitative estimate of drug-likeness (QED) is 0.812. The van der Waals surface area contributed by atoms with Crippen LogP contribution < -0.4 is 10.2 Å². The first-order chi connectivity index (χ1) is 12.2. The first-order valence-electron chi connectivity index (χ1n) is 7.98. The number of carbonyl (C=O) groups excluding carboxylic acids is 2. The molecular weight excluding hydrogens is 345 g/mol. The molecule has 0 aliphatic carbocycles. The minimum atomic E-state index is -1.66. The molecule has 138 valence electrons. The van der Waals surface area contributed by atoms with Gasteiger partial charge in [-0.3, -0.25) is 9.59 Å². The fourth-order valence-electron chi connectivity index (χ4n) is 2.66. The Hall–Kier alpha value is -2.83. The van der Waals surface area contributed by atoms with E-state index in [1.807, 2.05) is 19.9 Å². The molecule has 0 heterocycles. The number of nitrogens with one attached hydrogen (secondary N) is 1. The van der Waals surface area contributed by atoms with Crippen LogP contribution in [-0.4, -0.2) is 18.4 Å². The molecule has 0 radical (unpaired) electrons. The normalized spacial score (nSPS) is 10.5. The summed E-state index contributed by atoms with van der Waals surface area (Å²) < 4.78 is 40.4. The lowest BCUT2D eigenvalue weighted by Gasteiger charge is -2.21. The van der Waals surface area contributed by atoms with Crippen LogP contribution in [0.3, 0.4) is 0 Å². The van der Waals surface area contributed by atoms with Crippen LogP contribution in [0.5, 0.6) is 0 Å². The molecule has 0 saturated heterocycles. The summed E-state index contributed by atoms with van der Waals surface area (Å²) in [5.41, 5.74) is 2.17. The Morgan fingerprint density at radius 1 is 1.00 bits per heavy atom. The van der Waals surface area contributed by atoms with Crippen LogP contribution in [0.4, 0.5) is 24.5 Å². The highest BCUT2D eigenvalue weighted by molar-refractivity contribution is 5.95. The van der Waals surface area contributed by atoms with Crippen LogP contribution in [0.25, 0.3) is 0 Å². The lowest BCUT2D eigenvalue weighted by molar-refractivity contribution is -0.117. The first-order valence-corrected chi connectivity index (χ1v) is 7.98. The fraction of sp³-hybridized carbons (Fsp3) is 0.263. The van der Waals surface area contributed by atoms with Crippen molar-refractivity contribution in [2.24, 2.45) is 0 Å². The molecule has 0 unspecified atom stereocenters. The number of benzene rings is 2. The molecule has 0 fully saturated rings. The van der Waals surface area contributed by atoms with Crippen molar-refractivity contribution in [2.45, 2.75) is 27.2 Å². The summed E-state index contributed by atoms with van der Waals surface area (Å²) in [6.45, 7) is 4.77. The number of hydrogen-bond acceptors (Lipinski definition) is 2. The number of carbonyl (C=O) groups is 2. The molecule has 0 atom stereocenters. The first kappa shape index (κ1) is 19.5. The van der Waals surface area contributed by atoms with Gasteiger partial charge in [0, 0.05) is 25.6 Å². The van der Waals surface area contributed by atoms with Crippen molar-refractivity contribution in [3.05, 3.63) is 58.9 Å². The smallest absolute Gasteiger partial charge is 0.226 e. The number of aryl methyl sites for hydroxylation is 2. The maximum absolute atomic E-state index is 13.9. The predicted octanol–water partition coefficient (Wildman–Crippen LogP) is 4.10. The van der Waals surface area contributed by atoms with E-state index >= 15 is 0 Å². The van der Waals surface area contributed by atoms with Crippen LogP contribution in [0.15, 0.2) is 30.3 Å². The van der Waals surface area contributed by atoms with Crippen molar-refractivity contribution in [1.29, 1.82) is 0 Å². The Kier molecular flexibility index (Phi) is 6.02. The van der Waals surface area contributed by atoms with E-state index in [2.05, 4.69) is 5.32 Å². The second-order valence-corrected chi connectivity index (χ2v) is 6.04. The minimum Gasteiger partial charge on any atom is -0.326 e. The molecule has 0 bridgehead atoms. The molecule has 26 heavy (non-hydrogen) atoms. The molecule has 2 aromatic carbocycles. The predicted molar refractivity (Wildman–Crippen MR) is 93.5 cm³/mol. The molecular formula is C19H19F3N2O2. The number of amides is 2. The Balaban J connectivity index is 2.10. The monoisotopic (exact) mass is 364 g/mol. The number of anilines is 2. The molecule has 0 spiro atoms. The van der Waals surface area contributed by atoms with Gasteiger partial charge in [-0.2, -0.15) is 0 Å². The van der Waals surface area contributed by atoms with Crippen LogP contribution in [0.1, 0.15) is 24.5 Å². The van der Waals surface area contributed by atoms with Gasteiger partial charge < -0.3 is 10.2 Å². The zero-order valence-corrected chi connectivity index (χ0v) is 14.7. The number of rotatable bonds is 5. The highest BCUT2D eigenvalue weighted by Crippen LogP contribution is 2.24. The fourth-order valence-corrected chi connectivity index (χ4v) is 2.66. The Labute approximate surface area is 149 Å². The molecule has 1 N–H and O–H groups in total. The third-order valence-electron chi connectivity index (χ3n) is 3.75. The van der Waals surface area contributed by atoms with Crippen molar-refractivity contribution in [2.75, 3.05) is 16.8 Å². The van der Waals surface area contributed by atoms with Gasteiger partial charge >= 0.3 is 0 Å². The van der Waals surface area contributed by atoms with Crippen LogP contribution in [0, 0.1) is 31.3 Å². The molecule has 4 nitrogen and oxygen atoms in total. The highest BCUT2D eigenvalue weighted by Gasteiger charge is 2.21. The maximum atomic E-state index is 13.9. The third-order valence-corrected chi connectivity index (χ3v) is 3.75. The zero-order chi connectivity index (χ0) is 19.4. The summed E-state index contributed by atoms with van der Waals surface area (Å²) in [5.74, 6) is -5.44. The van der Waals surface area contributed by atoms with Gasteiger partial charge in [-0.15, -0.1) is 0 Å². The molecule has 0 saturated carbocycles. The van der Waals surface area contributed by atoms with Crippen LogP contribution >= 0.6 is 0 Å². The van der Waals surface area contributed by atoms with E-state index in [1.54, 1.807) is 12.1 Å². The van der Waals surface area contributed by atoms with Gasteiger partial charge in [0.05, 0.1) is 5.69 Å². The molecule has 0 aliphatic heterocycles. The van der Waals surface area contributed by atoms with E-state index in [4.69, 9.17) is 0 Å². The van der Waals surface area contributed by atoms with E-state index in [0.29, 0.717) is 5.69 Å². The molecule has 2 amide bonds. The molecule has 2 rings (SSSR count). The summed E-state index contributed by atoms with van der Waals surface area (Å²) in [6, 6.07) is 7.25. The van der Waals surface area contributed by atoms with E-state index in [0.717, 1.165) is 35.1 Å². The van der Waals surface area contributed by atoms with Gasteiger partial charge in [-0.1, -0.05) is 6.07 Å². The lowest BCUT2D eigenvalue weighted by atomic mass is 10.1. The molecule has 0 aromatic heterocycles. The highest BCUT2D eigenvalue weighted by atomic mass is 19.2. The standard InChI is InChI=1S/C19H19F3N2O2/c1-11-8-12(2)10-14(9-11)23-17(26)6-7-24(13(3)25)16-5-4-15(20)18(21)19(16)22/h4-5,8-10H,6-7H2,1-3H3,(H,23,26). The van der Waals surface area contributed by atoms with Gasteiger partial charge in [0.25, 0.3) is 0 Å². The molecule has 0 aliphatic rings. The van der Waals surface area contributed by atoms with Crippen molar-refractivity contribution in [3.8, 4) is 0 Å².